The second kappa shape index (κ2) is 3.91. The molecule has 0 bridgehead atoms. The zero-order valence-electron chi connectivity index (χ0n) is 9.42. The van der Waals surface area contributed by atoms with Crippen molar-refractivity contribution in [3.05, 3.63) is 29.8 Å². The highest BCUT2D eigenvalue weighted by Gasteiger charge is 2.49. The van der Waals surface area contributed by atoms with Crippen molar-refractivity contribution in [2.24, 2.45) is 5.73 Å². The van der Waals surface area contributed by atoms with E-state index in [0.29, 0.717) is 0 Å². The Bertz CT molecular complexity index is 401. The van der Waals surface area contributed by atoms with Gasteiger partial charge in [0, 0.05) is 11.5 Å². The summed E-state index contributed by atoms with van der Waals surface area (Å²) in [7, 11) is 0. The normalized spacial score (nSPS) is 27.9. The summed E-state index contributed by atoms with van der Waals surface area (Å²) in [6, 6.07) is 5.96. The minimum atomic E-state index is -4.64. The second-order valence-electron chi connectivity index (χ2n) is 4.46. The SMILES string of the molecule is CC[C@]1(N)C[C@@H]1c1ccc(OC(F)(F)F)cc1. The quantitative estimate of drug-likeness (QED) is 0.887. The van der Waals surface area contributed by atoms with Crippen molar-refractivity contribution >= 4 is 0 Å². The van der Waals surface area contributed by atoms with Crippen molar-refractivity contribution in [2.45, 2.75) is 37.6 Å². The van der Waals surface area contributed by atoms with Crippen LogP contribution < -0.4 is 10.5 Å². The lowest BCUT2D eigenvalue weighted by atomic mass is 10.0. The predicted octanol–water partition coefficient (Wildman–Crippen LogP) is 3.18. The van der Waals surface area contributed by atoms with Crippen molar-refractivity contribution < 1.29 is 17.9 Å². The van der Waals surface area contributed by atoms with Crippen LogP contribution in [0.25, 0.3) is 0 Å². The van der Waals surface area contributed by atoms with Gasteiger partial charge in [-0.3, -0.25) is 0 Å². The molecule has 17 heavy (non-hydrogen) atoms. The van der Waals surface area contributed by atoms with E-state index in [1.165, 1.54) is 12.1 Å². The molecule has 0 heterocycles. The van der Waals surface area contributed by atoms with Crippen LogP contribution in [0.5, 0.6) is 5.75 Å². The molecule has 2 rings (SSSR count). The number of halogens is 3. The number of nitrogens with two attached hydrogens (primary N) is 1. The molecule has 1 fully saturated rings. The van der Waals surface area contributed by atoms with E-state index < -0.39 is 6.36 Å². The van der Waals surface area contributed by atoms with Crippen LogP contribution in [-0.4, -0.2) is 11.9 Å². The highest BCUT2D eigenvalue weighted by Crippen LogP contribution is 2.51. The third kappa shape index (κ3) is 2.72. The molecular formula is C12H14F3NO. The standard InChI is InChI=1S/C12H14F3NO/c1-2-11(16)7-10(11)8-3-5-9(6-4-8)17-12(13,14)15/h3-6,10H,2,7,16H2,1H3/t10-,11+/m1/s1. The molecule has 5 heteroatoms. The van der Waals surface area contributed by atoms with E-state index in [1.54, 1.807) is 12.1 Å². The van der Waals surface area contributed by atoms with Crippen LogP contribution in [0.4, 0.5) is 13.2 Å². The molecule has 1 saturated carbocycles. The largest absolute Gasteiger partial charge is 0.573 e. The van der Waals surface area contributed by atoms with Gasteiger partial charge in [-0.25, -0.2) is 0 Å². The van der Waals surface area contributed by atoms with Crippen LogP contribution in [0.2, 0.25) is 0 Å². The number of hydrogen-bond donors (Lipinski definition) is 1. The summed E-state index contributed by atoms with van der Waals surface area (Å²) in [5.41, 5.74) is 6.85. The highest BCUT2D eigenvalue weighted by atomic mass is 19.4. The minimum absolute atomic E-state index is 0.174. The molecule has 94 valence electrons. The summed E-state index contributed by atoms with van der Waals surface area (Å²) in [4.78, 5) is 0. The maximum Gasteiger partial charge on any atom is 0.573 e. The molecule has 1 aliphatic rings. The van der Waals surface area contributed by atoms with Gasteiger partial charge in [-0.05, 0) is 30.5 Å². The molecule has 0 saturated heterocycles. The van der Waals surface area contributed by atoms with E-state index in [0.717, 1.165) is 18.4 Å². The van der Waals surface area contributed by atoms with Gasteiger partial charge >= 0.3 is 6.36 Å². The molecule has 1 aromatic rings. The molecule has 0 aromatic heterocycles. The number of benzene rings is 1. The van der Waals surface area contributed by atoms with Crippen LogP contribution in [-0.2, 0) is 0 Å². The molecule has 2 atom stereocenters. The number of ether oxygens (including phenoxy) is 1. The van der Waals surface area contributed by atoms with Crippen LogP contribution in [0.15, 0.2) is 24.3 Å². The summed E-state index contributed by atoms with van der Waals surface area (Å²) in [6.07, 6.45) is -2.87. The Morgan fingerprint density at radius 3 is 2.35 bits per heavy atom. The molecule has 0 radical (unpaired) electrons. The second-order valence-corrected chi connectivity index (χ2v) is 4.46. The van der Waals surface area contributed by atoms with Crippen molar-refractivity contribution in [2.75, 3.05) is 0 Å². The Hall–Kier alpha value is -1.23. The van der Waals surface area contributed by atoms with Crippen molar-refractivity contribution in [3.8, 4) is 5.75 Å². The maximum atomic E-state index is 11.9. The molecule has 0 amide bonds. The van der Waals surface area contributed by atoms with Gasteiger partial charge in [0.2, 0.25) is 0 Å². The maximum absolute atomic E-state index is 11.9. The zero-order valence-corrected chi connectivity index (χ0v) is 9.42. The lowest BCUT2D eigenvalue weighted by molar-refractivity contribution is -0.274. The molecule has 0 aliphatic heterocycles. The van der Waals surface area contributed by atoms with Crippen molar-refractivity contribution in [1.29, 1.82) is 0 Å². The van der Waals surface area contributed by atoms with E-state index in [9.17, 15) is 13.2 Å². The fourth-order valence-electron chi connectivity index (χ4n) is 2.06. The Kier molecular flexibility index (Phi) is 2.81. The van der Waals surface area contributed by atoms with E-state index in [2.05, 4.69) is 4.74 Å². The Morgan fingerprint density at radius 1 is 1.35 bits per heavy atom. The average molecular weight is 245 g/mol. The summed E-state index contributed by atoms with van der Waals surface area (Å²) in [5, 5.41) is 0. The van der Waals surface area contributed by atoms with E-state index >= 15 is 0 Å². The molecule has 0 spiro atoms. The molecular weight excluding hydrogens is 231 g/mol. The third-order valence-corrected chi connectivity index (χ3v) is 3.29. The molecule has 0 unspecified atom stereocenters. The van der Waals surface area contributed by atoms with Crippen molar-refractivity contribution in [1.82, 2.24) is 0 Å². The Morgan fingerprint density at radius 2 is 1.94 bits per heavy atom. The molecule has 2 nitrogen and oxygen atoms in total. The molecule has 1 aliphatic carbocycles. The number of alkyl halides is 3. The monoisotopic (exact) mass is 245 g/mol. The lowest BCUT2D eigenvalue weighted by Crippen LogP contribution is -2.22. The third-order valence-electron chi connectivity index (χ3n) is 3.29. The first-order chi connectivity index (χ1) is 7.84. The zero-order chi connectivity index (χ0) is 12.7. The van der Waals surface area contributed by atoms with Gasteiger partial charge in [0.1, 0.15) is 5.75 Å². The van der Waals surface area contributed by atoms with Gasteiger partial charge in [0.05, 0.1) is 0 Å². The van der Waals surface area contributed by atoms with Crippen LogP contribution in [0, 0.1) is 0 Å². The summed E-state index contributed by atoms with van der Waals surface area (Å²) < 4.78 is 39.6. The fraction of sp³-hybridized carbons (Fsp3) is 0.500. The van der Waals surface area contributed by atoms with Gasteiger partial charge < -0.3 is 10.5 Å². The highest BCUT2D eigenvalue weighted by molar-refractivity contribution is 5.36. The van der Waals surface area contributed by atoms with Crippen LogP contribution in [0.1, 0.15) is 31.2 Å². The van der Waals surface area contributed by atoms with E-state index in [1.807, 2.05) is 6.92 Å². The molecule has 2 N–H and O–H groups in total. The first kappa shape index (κ1) is 12.2. The lowest BCUT2D eigenvalue weighted by Gasteiger charge is -2.10. The fourth-order valence-corrected chi connectivity index (χ4v) is 2.06. The number of hydrogen-bond acceptors (Lipinski definition) is 2. The summed E-state index contributed by atoms with van der Waals surface area (Å²) >= 11 is 0. The minimum Gasteiger partial charge on any atom is -0.406 e. The Labute approximate surface area is 97.6 Å². The first-order valence-corrected chi connectivity index (χ1v) is 5.49. The van der Waals surface area contributed by atoms with E-state index in [4.69, 9.17) is 5.73 Å². The van der Waals surface area contributed by atoms with Gasteiger partial charge in [-0.2, -0.15) is 0 Å². The summed E-state index contributed by atoms with van der Waals surface area (Å²) in [5.74, 6) is 0.0634. The average Bonchev–Trinajstić information content (AvgIpc) is 2.91. The van der Waals surface area contributed by atoms with Crippen molar-refractivity contribution in [3.63, 3.8) is 0 Å². The van der Waals surface area contributed by atoms with Gasteiger partial charge in [-0.1, -0.05) is 19.1 Å². The van der Waals surface area contributed by atoms with Gasteiger partial charge in [0.25, 0.3) is 0 Å². The number of rotatable bonds is 3. The van der Waals surface area contributed by atoms with Gasteiger partial charge in [0.15, 0.2) is 0 Å². The van der Waals surface area contributed by atoms with E-state index in [-0.39, 0.29) is 17.2 Å². The molecule has 1 aromatic carbocycles. The Balaban J connectivity index is 2.05. The van der Waals surface area contributed by atoms with Gasteiger partial charge in [-0.15, -0.1) is 13.2 Å². The van der Waals surface area contributed by atoms with Crippen LogP contribution >= 0.6 is 0 Å². The topological polar surface area (TPSA) is 35.2 Å². The summed E-state index contributed by atoms with van der Waals surface area (Å²) in [6.45, 7) is 2.02. The predicted molar refractivity (Wildman–Crippen MR) is 57.7 cm³/mol. The first-order valence-electron chi connectivity index (χ1n) is 5.49. The van der Waals surface area contributed by atoms with Crippen LogP contribution in [0.3, 0.4) is 0 Å². The smallest absolute Gasteiger partial charge is 0.406 e.